The number of nitrogens with zero attached hydrogens (tertiary/aromatic N) is 2. The fourth-order valence-electron chi connectivity index (χ4n) is 1.62. The monoisotopic (exact) mass is 293 g/mol. The van der Waals surface area contributed by atoms with Crippen LogP contribution in [-0.2, 0) is 0 Å². The average molecular weight is 293 g/mol. The van der Waals surface area contributed by atoms with Gasteiger partial charge in [-0.2, -0.15) is 0 Å². The molecule has 2 heterocycles. The molecule has 2 aromatic heterocycles. The Balaban J connectivity index is 2.05. The van der Waals surface area contributed by atoms with Crippen molar-refractivity contribution in [3.8, 4) is 11.8 Å². The molecular formula is C18H19N3O. The fourth-order valence-corrected chi connectivity index (χ4v) is 1.62. The Bertz CT molecular complexity index is 682. The summed E-state index contributed by atoms with van der Waals surface area (Å²) in [6.45, 7) is 6.11. The van der Waals surface area contributed by atoms with E-state index >= 15 is 0 Å². The maximum absolute atomic E-state index is 12.0. The molecule has 0 saturated carbocycles. The zero-order valence-corrected chi connectivity index (χ0v) is 13.0. The maximum atomic E-state index is 12.0. The number of hydrogen-bond donors (Lipinski definition) is 1. The van der Waals surface area contributed by atoms with E-state index in [4.69, 9.17) is 0 Å². The molecule has 0 saturated heterocycles. The first-order valence-corrected chi connectivity index (χ1v) is 7.26. The highest BCUT2D eigenvalue weighted by molar-refractivity contribution is 5.92. The SMILES string of the molecule is CC(C)[C@@H](C)NC(=O)c1ccc(C#Cc2ccccn2)cn1. The van der Waals surface area contributed by atoms with E-state index < -0.39 is 0 Å². The molecule has 4 heteroatoms. The number of pyridine rings is 2. The summed E-state index contributed by atoms with van der Waals surface area (Å²) in [5, 5.41) is 2.93. The molecule has 112 valence electrons. The average Bonchev–Trinajstić information content (AvgIpc) is 2.54. The molecule has 0 aliphatic heterocycles. The number of hydrogen-bond acceptors (Lipinski definition) is 3. The Kier molecular flexibility index (Phi) is 5.26. The van der Waals surface area contributed by atoms with Gasteiger partial charge in [-0.05, 0) is 43.0 Å². The van der Waals surface area contributed by atoms with Gasteiger partial charge >= 0.3 is 0 Å². The summed E-state index contributed by atoms with van der Waals surface area (Å²) in [7, 11) is 0. The first-order valence-electron chi connectivity index (χ1n) is 7.26. The Morgan fingerprint density at radius 1 is 1.09 bits per heavy atom. The summed E-state index contributed by atoms with van der Waals surface area (Å²) in [6, 6.07) is 9.16. The quantitative estimate of drug-likeness (QED) is 0.885. The molecule has 2 rings (SSSR count). The zero-order chi connectivity index (χ0) is 15.9. The molecule has 0 radical (unpaired) electrons. The van der Waals surface area contributed by atoms with Gasteiger partial charge in [-0.3, -0.25) is 4.79 Å². The van der Waals surface area contributed by atoms with Crippen molar-refractivity contribution < 1.29 is 4.79 Å². The summed E-state index contributed by atoms with van der Waals surface area (Å²) in [4.78, 5) is 20.3. The Morgan fingerprint density at radius 2 is 1.91 bits per heavy atom. The van der Waals surface area contributed by atoms with Gasteiger partial charge in [0.25, 0.3) is 5.91 Å². The first kappa shape index (κ1) is 15.7. The third-order valence-electron chi connectivity index (χ3n) is 3.35. The number of rotatable bonds is 3. The van der Waals surface area contributed by atoms with E-state index in [1.165, 1.54) is 0 Å². The molecule has 0 aliphatic rings. The number of carbonyl (C=O) groups is 1. The molecular weight excluding hydrogens is 274 g/mol. The van der Waals surface area contributed by atoms with Crippen LogP contribution in [0.5, 0.6) is 0 Å². The molecule has 0 fully saturated rings. The van der Waals surface area contributed by atoms with Gasteiger partial charge in [0.1, 0.15) is 11.4 Å². The molecule has 2 aromatic rings. The second-order valence-electron chi connectivity index (χ2n) is 5.40. The summed E-state index contributed by atoms with van der Waals surface area (Å²) in [6.07, 6.45) is 3.30. The van der Waals surface area contributed by atoms with Gasteiger partial charge in [0.05, 0.1) is 0 Å². The Morgan fingerprint density at radius 3 is 2.50 bits per heavy atom. The van der Waals surface area contributed by atoms with E-state index in [0.717, 1.165) is 5.56 Å². The third kappa shape index (κ3) is 4.42. The Labute approximate surface area is 131 Å². The highest BCUT2D eigenvalue weighted by atomic mass is 16.1. The lowest BCUT2D eigenvalue weighted by Gasteiger charge is -2.16. The van der Waals surface area contributed by atoms with Crippen LogP contribution >= 0.6 is 0 Å². The predicted octanol–water partition coefficient (Wildman–Crippen LogP) is 2.65. The van der Waals surface area contributed by atoms with Crippen molar-refractivity contribution in [3.05, 3.63) is 59.7 Å². The Hall–Kier alpha value is -2.67. The summed E-state index contributed by atoms with van der Waals surface area (Å²) in [5.74, 6) is 6.15. The van der Waals surface area contributed by atoms with E-state index in [9.17, 15) is 4.79 Å². The predicted molar refractivity (Wildman–Crippen MR) is 86.2 cm³/mol. The number of carbonyl (C=O) groups excluding carboxylic acids is 1. The molecule has 1 N–H and O–H groups in total. The van der Waals surface area contributed by atoms with E-state index in [-0.39, 0.29) is 11.9 Å². The minimum atomic E-state index is -0.162. The van der Waals surface area contributed by atoms with Crippen molar-refractivity contribution >= 4 is 5.91 Å². The van der Waals surface area contributed by atoms with Crippen molar-refractivity contribution in [1.82, 2.24) is 15.3 Å². The highest BCUT2D eigenvalue weighted by Gasteiger charge is 2.13. The molecule has 0 spiro atoms. The lowest BCUT2D eigenvalue weighted by molar-refractivity contribution is 0.0925. The standard InChI is InChI=1S/C18H19N3O/c1-13(2)14(3)21-18(22)17-10-8-15(12-20-17)7-9-16-6-4-5-11-19-16/h4-6,8,10-14H,1-3H3,(H,21,22)/t14-/m1/s1. The molecule has 0 aliphatic carbocycles. The normalized spacial score (nSPS) is 11.5. The van der Waals surface area contributed by atoms with Gasteiger partial charge in [-0.25, -0.2) is 9.97 Å². The number of nitrogens with one attached hydrogen (secondary N) is 1. The van der Waals surface area contributed by atoms with Crippen LogP contribution in [0.25, 0.3) is 0 Å². The van der Waals surface area contributed by atoms with Crippen molar-refractivity contribution in [1.29, 1.82) is 0 Å². The largest absolute Gasteiger partial charge is 0.348 e. The van der Waals surface area contributed by atoms with Crippen LogP contribution in [0, 0.1) is 17.8 Å². The zero-order valence-electron chi connectivity index (χ0n) is 13.0. The topological polar surface area (TPSA) is 54.9 Å². The van der Waals surface area contributed by atoms with Crippen molar-refractivity contribution in [3.63, 3.8) is 0 Å². The van der Waals surface area contributed by atoms with Crippen LogP contribution in [-0.4, -0.2) is 21.9 Å². The second kappa shape index (κ2) is 7.37. The van der Waals surface area contributed by atoms with E-state index in [0.29, 0.717) is 17.3 Å². The first-order chi connectivity index (χ1) is 10.6. The molecule has 4 nitrogen and oxygen atoms in total. The van der Waals surface area contributed by atoms with E-state index in [2.05, 4.69) is 41.0 Å². The van der Waals surface area contributed by atoms with Gasteiger partial charge in [0, 0.05) is 24.0 Å². The van der Waals surface area contributed by atoms with Crippen molar-refractivity contribution in [2.24, 2.45) is 5.92 Å². The molecule has 0 unspecified atom stereocenters. The summed E-state index contributed by atoms with van der Waals surface area (Å²) < 4.78 is 0. The van der Waals surface area contributed by atoms with Crippen LogP contribution in [0.2, 0.25) is 0 Å². The van der Waals surface area contributed by atoms with Crippen LogP contribution < -0.4 is 5.32 Å². The number of amides is 1. The van der Waals surface area contributed by atoms with Gasteiger partial charge in [0.2, 0.25) is 0 Å². The maximum Gasteiger partial charge on any atom is 0.270 e. The smallest absolute Gasteiger partial charge is 0.270 e. The lowest BCUT2D eigenvalue weighted by Crippen LogP contribution is -2.36. The third-order valence-corrected chi connectivity index (χ3v) is 3.35. The van der Waals surface area contributed by atoms with Crippen LogP contribution in [0.1, 0.15) is 42.5 Å². The van der Waals surface area contributed by atoms with Gasteiger partial charge in [-0.15, -0.1) is 0 Å². The molecule has 0 aromatic carbocycles. The van der Waals surface area contributed by atoms with E-state index in [1.807, 2.05) is 25.1 Å². The van der Waals surface area contributed by atoms with Crippen molar-refractivity contribution in [2.75, 3.05) is 0 Å². The molecule has 22 heavy (non-hydrogen) atoms. The minimum Gasteiger partial charge on any atom is -0.348 e. The van der Waals surface area contributed by atoms with Crippen LogP contribution in [0.15, 0.2) is 42.7 Å². The van der Waals surface area contributed by atoms with Crippen LogP contribution in [0.3, 0.4) is 0 Å². The van der Waals surface area contributed by atoms with Gasteiger partial charge in [0.15, 0.2) is 0 Å². The molecule has 0 bridgehead atoms. The van der Waals surface area contributed by atoms with Crippen molar-refractivity contribution in [2.45, 2.75) is 26.8 Å². The van der Waals surface area contributed by atoms with Gasteiger partial charge < -0.3 is 5.32 Å². The van der Waals surface area contributed by atoms with Crippen LogP contribution in [0.4, 0.5) is 0 Å². The molecule has 1 atom stereocenters. The van der Waals surface area contributed by atoms with Gasteiger partial charge in [-0.1, -0.05) is 25.8 Å². The summed E-state index contributed by atoms with van der Waals surface area (Å²) >= 11 is 0. The highest BCUT2D eigenvalue weighted by Crippen LogP contribution is 2.04. The molecule has 1 amide bonds. The minimum absolute atomic E-state index is 0.109. The fraction of sp³-hybridized carbons (Fsp3) is 0.278. The van der Waals surface area contributed by atoms with E-state index in [1.54, 1.807) is 24.5 Å². The number of aromatic nitrogens is 2. The summed E-state index contributed by atoms with van der Waals surface area (Å²) in [5.41, 5.74) is 1.85. The second-order valence-corrected chi connectivity index (χ2v) is 5.40. The lowest BCUT2D eigenvalue weighted by atomic mass is 10.1.